The van der Waals surface area contributed by atoms with Crippen LogP contribution in [0.1, 0.15) is 37.2 Å². The summed E-state index contributed by atoms with van der Waals surface area (Å²) in [7, 11) is 0. The molecule has 2 aromatic rings. The fourth-order valence-electron chi connectivity index (χ4n) is 3.02. The molecule has 1 aromatic carbocycles. The van der Waals surface area contributed by atoms with Gasteiger partial charge in [0.1, 0.15) is 0 Å². The van der Waals surface area contributed by atoms with E-state index in [4.69, 9.17) is 0 Å². The molecule has 23 heavy (non-hydrogen) atoms. The van der Waals surface area contributed by atoms with Crippen molar-refractivity contribution in [2.45, 2.75) is 32.7 Å². The Hall–Kier alpha value is -2.37. The number of nitrogens with zero attached hydrogens (tertiary/aromatic N) is 2. The first kappa shape index (κ1) is 15.5. The van der Waals surface area contributed by atoms with E-state index in [9.17, 15) is 9.59 Å². The summed E-state index contributed by atoms with van der Waals surface area (Å²) in [6.07, 6.45) is 1.40. The van der Waals surface area contributed by atoms with Crippen molar-refractivity contribution in [2.24, 2.45) is 5.92 Å². The smallest absolute Gasteiger partial charge is 0.274 e. The highest BCUT2D eigenvalue weighted by atomic mass is 16.2. The van der Waals surface area contributed by atoms with Crippen LogP contribution in [-0.2, 0) is 4.79 Å². The van der Waals surface area contributed by atoms with Gasteiger partial charge in [-0.3, -0.25) is 14.7 Å². The zero-order valence-electron chi connectivity index (χ0n) is 13.5. The lowest BCUT2D eigenvalue weighted by molar-refractivity contribution is -0.126. The lowest BCUT2D eigenvalue weighted by atomic mass is 9.95. The summed E-state index contributed by atoms with van der Waals surface area (Å²) >= 11 is 0. The van der Waals surface area contributed by atoms with Gasteiger partial charge in [-0.1, -0.05) is 18.2 Å². The van der Waals surface area contributed by atoms with Gasteiger partial charge in [0, 0.05) is 30.4 Å². The topological polar surface area (TPSA) is 78.1 Å². The van der Waals surface area contributed by atoms with Crippen molar-refractivity contribution >= 4 is 22.7 Å². The number of carbonyl (C=O) groups is 2. The van der Waals surface area contributed by atoms with Crippen molar-refractivity contribution in [3.8, 4) is 0 Å². The minimum atomic E-state index is -0.0647. The van der Waals surface area contributed by atoms with Gasteiger partial charge in [-0.15, -0.1) is 0 Å². The third-order valence-corrected chi connectivity index (χ3v) is 4.26. The van der Waals surface area contributed by atoms with Crippen LogP contribution in [-0.4, -0.2) is 46.0 Å². The van der Waals surface area contributed by atoms with Gasteiger partial charge >= 0.3 is 0 Å². The van der Waals surface area contributed by atoms with Crippen LogP contribution in [0.25, 0.3) is 10.9 Å². The fraction of sp³-hybridized carbons (Fsp3) is 0.471. The number of aromatic nitrogens is 2. The molecule has 122 valence electrons. The first-order valence-corrected chi connectivity index (χ1v) is 8.09. The molecule has 0 atom stereocenters. The SMILES string of the molecule is CC(C)NC(=O)C1CCN(C(=O)c2n[nH]c3ccccc23)CC1. The van der Waals surface area contributed by atoms with Crippen molar-refractivity contribution in [3.63, 3.8) is 0 Å². The van der Waals surface area contributed by atoms with Gasteiger partial charge < -0.3 is 10.2 Å². The second-order valence-electron chi connectivity index (χ2n) is 6.35. The maximum Gasteiger partial charge on any atom is 0.274 e. The molecule has 2 N–H and O–H groups in total. The molecule has 1 aromatic heterocycles. The number of amides is 2. The summed E-state index contributed by atoms with van der Waals surface area (Å²) in [5.74, 6) is 0.0277. The van der Waals surface area contributed by atoms with Crippen LogP contribution in [0, 0.1) is 5.92 Å². The average molecular weight is 314 g/mol. The highest BCUT2D eigenvalue weighted by Gasteiger charge is 2.29. The first-order valence-electron chi connectivity index (χ1n) is 8.09. The van der Waals surface area contributed by atoms with Crippen molar-refractivity contribution in [3.05, 3.63) is 30.0 Å². The predicted molar refractivity (Wildman–Crippen MR) is 88.0 cm³/mol. The molecule has 6 heteroatoms. The summed E-state index contributed by atoms with van der Waals surface area (Å²) in [6.45, 7) is 5.10. The summed E-state index contributed by atoms with van der Waals surface area (Å²) in [6, 6.07) is 7.76. The van der Waals surface area contributed by atoms with Crippen LogP contribution in [0.3, 0.4) is 0 Å². The van der Waals surface area contributed by atoms with E-state index in [1.54, 1.807) is 4.90 Å². The molecule has 0 unspecified atom stereocenters. The number of likely N-dealkylation sites (tertiary alicyclic amines) is 1. The second-order valence-corrected chi connectivity index (χ2v) is 6.35. The van der Waals surface area contributed by atoms with Crippen LogP contribution in [0.4, 0.5) is 0 Å². The molecule has 3 rings (SSSR count). The number of carbonyl (C=O) groups excluding carboxylic acids is 2. The number of hydrogen-bond donors (Lipinski definition) is 2. The lowest BCUT2D eigenvalue weighted by Crippen LogP contribution is -2.44. The Bertz CT molecular complexity index is 714. The summed E-state index contributed by atoms with van der Waals surface area (Å²) in [4.78, 5) is 26.5. The molecule has 0 spiro atoms. The Morgan fingerprint density at radius 1 is 1.26 bits per heavy atom. The molecule has 0 aliphatic carbocycles. The molecule has 1 aliphatic heterocycles. The minimum Gasteiger partial charge on any atom is -0.354 e. The van der Waals surface area contributed by atoms with E-state index >= 15 is 0 Å². The molecular formula is C17H22N4O2. The van der Waals surface area contributed by atoms with E-state index in [1.165, 1.54) is 0 Å². The fourth-order valence-corrected chi connectivity index (χ4v) is 3.02. The van der Waals surface area contributed by atoms with Crippen LogP contribution >= 0.6 is 0 Å². The summed E-state index contributed by atoms with van der Waals surface area (Å²) < 4.78 is 0. The van der Waals surface area contributed by atoms with E-state index < -0.39 is 0 Å². The van der Waals surface area contributed by atoms with Gasteiger partial charge in [0.2, 0.25) is 5.91 Å². The van der Waals surface area contributed by atoms with Crippen molar-refractivity contribution < 1.29 is 9.59 Å². The second kappa shape index (κ2) is 6.40. The maximum atomic E-state index is 12.7. The predicted octanol–water partition coefficient (Wildman–Crippen LogP) is 1.94. The zero-order valence-corrected chi connectivity index (χ0v) is 13.5. The van der Waals surface area contributed by atoms with Gasteiger partial charge in [-0.2, -0.15) is 5.10 Å². The molecule has 2 heterocycles. The number of hydrogen-bond acceptors (Lipinski definition) is 3. The highest BCUT2D eigenvalue weighted by Crippen LogP contribution is 2.22. The van der Waals surface area contributed by atoms with Crippen molar-refractivity contribution in [1.29, 1.82) is 0 Å². The van der Waals surface area contributed by atoms with Crippen LogP contribution in [0.2, 0.25) is 0 Å². The number of benzene rings is 1. The van der Waals surface area contributed by atoms with Crippen LogP contribution < -0.4 is 5.32 Å². The molecule has 0 bridgehead atoms. The number of para-hydroxylation sites is 1. The van der Waals surface area contributed by atoms with E-state index in [0.29, 0.717) is 31.6 Å². The number of aromatic amines is 1. The number of H-pyrrole nitrogens is 1. The molecule has 2 amide bonds. The molecule has 1 aliphatic rings. The Labute approximate surface area is 135 Å². The Morgan fingerprint density at radius 2 is 1.96 bits per heavy atom. The van der Waals surface area contributed by atoms with Crippen LogP contribution in [0.15, 0.2) is 24.3 Å². The van der Waals surface area contributed by atoms with Gasteiger partial charge in [-0.25, -0.2) is 0 Å². The molecular weight excluding hydrogens is 292 g/mol. The number of rotatable bonds is 3. The lowest BCUT2D eigenvalue weighted by Gasteiger charge is -2.31. The molecule has 0 radical (unpaired) electrons. The standard InChI is InChI=1S/C17H22N4O2/c1-11(2)18-16(22)12-7-9-21(10-8-12)17(23)15-13-5-3-4-6-14(13)19-20-15/h3-6,11-12H,7-10H2,1-2H3,(H,18,22)(H,19,20). The first-order chi connectivity index (χ1) is 11.1. The monoisotopic (exact) mass is 314 g/mol. The molecule has 6 nitrogen and oxygen atoms in total. The summed E-state index contributed by atoms with van der Waals surface area (Å²) in [5.41, 5.74) is 1.33. The van der Waals surface area contributed by atoms with Gasteiger partial charge in [0.25, 0.3) is 5.91 Å². The van der Waals surface area contributed by atoms with Crippen molar-refractivity contribution in [1.82, 2.24) is 20.4 Å². The normalized spacial score (nSPS) is 16.0. The Morgan fingerprint density at radius 3 is 2.65 bits per heavy atom. The third-order valence-electron chi connectivity index (χ3n) is 4.26. The minimum absolute atomic E-state index is 0.00243. The number of nitrogens with one attached hydrogen (secondary N) is 2. The Kier molecular flexibility index (Phi) is 4.32. The van der Waals surface area contributed by atoms with E-state index in [2.05, 4.69) is 15.5 Å². The van der Waals surface area contributed by atoms with Gasteiger partial charge in [0.05, 0.1) is 5.52 Å². The number of fused-ring (bicyclic) bond motifs is 1. The summed E-state index contributed by atoms with van der Waals surface area (Å²) in [5, 5.41) is 10.9. The quantitative estimate of drug-likeness (QED) is 0.909. The van der Waals surface area contributed by atoms with E-state index in [1.807, 2.05) is 38.1 Å². The number of piperidine rings is 1. The molecule has 1 saturated heterocycles. The van der Waals surface area contributed by atoms with Gasteiger partial charge in [0.15, 0.2) is 5.69 Å². The third kappa shape index (κ3) is 3.21. The maximum absolute atomic E-state index is 12.7. The van der Waals surface area contributed by atoms with E-state index in [0.717, 1.165) is 10.9 Å². The Balaban J connectivity index is 1.66. The largest absolute Gasteiger partial charge is 0.354 e. The zero-order chi connectivity index (χ0) is 16.4. The average Bonchev–Trinajstić information content (AvgIpc) is 2.97. The van der Waals surface area contributed by atoms with Crippen molar-refractivity contribution in [2.75, 3.05) is 13.1 Å². The molecule has 1 fully saturated rings. The highest BCUT2D eigenvalue weighted by molar-refractivity contribution is 6.04. The van der Waals surface area contributed by atoms with Crippen LogP contribution in [0.5, 0.6) is 0 Å². The molecule has 0 saturated carbocycles. The van der Waals surface area contributed by atoms with Gasteiger partial charge in [-0.05, 0) is 32.8 Å². The van der Waals surface area contributed by atoms with E-state index in [-0.39, 0.29) is 23.8 Å².